The zero-order chi connectivity index (χ0) is 14.7. The highest BCUT2D eigenvalue weighted by Gasteiger charge is 2.14. The Morgan fingerprint density at radius 1 is 1.45 bits per heavy atom. The molecule has 2 rings (SSSR count). The summed E-state index contributed by atoms with van der Waals surface area (Å²) in [5.41, 5.74) is -0.230. The van der Waals surface area contributed by atoms with Gasteiger partial charge in [-0.1, -0.05) is 27.9 Å². The van der Waals surface area contributed by atoms with Gasteiger partial charge in [0.2, 0.25) is 0 Å². The van der Waals surface area contributed by atoms with Crippen LogP contribution in [0.4, 0.5) is 0 Å². The molecule has 0 aromatic carbocycles. The van der Waals surface area contributed by atoms with Crippen LogP contribution in [0.15, 0.2) is 15.7 Å². The van der Waals surface area contributed by atoms with Gasteiger partial charge in [-0.2, -0.15) is 0 Å². The maximum absolute atomic E-state index is 12.0. The minimum atomic E-state index is -0.482. The van der Waals surface area contributed by atoms with Crippen molar-refractivity contribution in [1.29, 1.82) is 0 Å². The lowest BCUT2D eigenvalue weighted by molar-refractivity contribution is 0.822. The third-order valence-corrected chi connectivity index (χ3v) is 3.18. The number of aryl methyl sites for hydroxylation is 1. The number of nitrogens with one attached hydrogen (secondary N) is 1. The van der Waals surface area contributed by atoms with Gasteiger partial charge in [0.1, 0.15) is 5.82 Å². The van der Waals surface area contributed by atoms with E-state index in [1.54, 1.807) is 24.6 Å². The number of rotatable bonds is 3. The van der Waals surface area contributed by atoms with Gasteiger partial charge in [-0.05, 0) is 13.0 Å². The lowest BCUT2D eigenvalue weighted by Crippen LogP contribution is -2.29. The third-order valence-electron chi connectivity index (χ3n) is 2.81. The number of halogens is 1. The lowest BCUT2D eigenvalue weighted by atomic mass is 10.4. The molecule has 0 spiro atoms. The molecule has 0 atom stereocenters. The SMILES string of the molecule is CC#CCn1c(C=CCBr)nc2c1c(=O)[nH]c(=O)n2C. The molecule has 0 unspecified atom stereocenters. The van der Waals surface area contributed by atoms with Crippen molar-refractivity contribution in [2.24, 2.45) is 7.05 Å². The molecule has 0 radical (unpaired) electrons. The number of H-pyrrole nitrogens is 1. The molecule has 7 heteroatoms. The zero-order valence-corrected chi connectivity index (χ0v) is 12.7. The monoisotopic (exact) mass is 336 g/mol. The number of nitrogens with zero attached hydrogens (tertiary/aromatic N) is 3. The molecule has 6 nitrogen and oxygen atoms in total. The van der Waals surface area contributed by atoms with Crippen LogP contribution in [0.1, 0.15) is 12.7 Å². The first-order chi connectivity index (χ1) is 9.60. The van der Waals surface area contributed by atoms with Gasteiger partial charge in [0.05, 0.1) is 6.54 Å². The van der Waals surface area contributed by atoms with Crippen LogP contribution >= 0.6 is 15.9 Å². The summed E-state index contributed by atoms with van der Waals surface area (Å²) in [7, 11) is 1.57. The van der Waals surface area contributed by atoms with Gasteiger partial charge >= 0.3 is 5.69 Å². The normalized spacial score (nSPS) is 10.9. The summed E-state index contributed by atoms with van der Waals surface area (Å²) in [5, 5.41) is 0.672. The molecule has 2 aromatic heterocycles. The highest BCUT2D eigenvalue weighted by atomic mass is 79.9. The van der Waals surface area contributed by atoms with E-state index < -0.39 is 11.2 Å². The van der Waals surface area contributed by atoms with Crippen LogP contribution in [0.25, 0.3) is 17.2 Å². The number of hydrogen-bond acceptors (Lipinski definition) is 3. The van der Waals surface area contributed by atoms with E-state index >= 15 is 0 Å². The molecular formula is C13H13BrN4O2. The van der Waals surface area contributed by atoms with Crippen molar-refractivity contribution in [3.63, 3.8) is 0 Å². The van der Waals surface area contributed by atoms with Crippen molar-refractivity contribution >= 4 is 33.2 Å². The zero-order valence-electron chi connectivity index (χ0n) is 11.1. The Kier molecular flexibility index (Phi) is 4.25. The van der Waals surface area contributed by atoms with E-state index in [9.17, 15) is 9.59 Å². The van der Waals surface area contributed by atoms with E-state index in [0.29, 0.717) is 28.9 Å². The van der Waals surface area contributed by atoms with Crippen molar-refractivity contribution in [3.8, 4) is 11.8 Å². The molecule has 104 valence electrons. The fraction of sp³-hybridized carbons (Fsp3) is 0.308. The van der Waals surface area contributed by atoms with Crippen molar-refractivity contribution in [1.82, 2.24) is 19.1 Å². The Balaban J connectivity index is 2.84. The van der Waals surface area contributed by atoms with Crippen LogP contribution < -0.4 is 11.2 Å². The summed E-state index contributed by atoms with van der Waals surface area (Å²) in [6, 6.07) is 0. The average Bonchev–Trinajstić information content (AvgIpc) is 2.79. The highest BCUT2D eigenvalue weighted by Crippen LogP contribution is 2.12. The van der Waals surface area contributed by atoms with Crippen molar-refractivity contribution in [3.05, 3.63) is 32.7 Å². The van der Waals surface area contributed by atoms with Crippen LogP contribution in [0.2, 0.25) is 0 Å². The second-order valence-electron chi connectivity index (χ2n) is 4.03. The first-order valence-corrected chi connectivity index (χ1v) is 7.04. The number of allylic oxidation sites excluding steroid dienone is 1. The highest BCUT2D eigenvalue weighted by molar-refractivity contribution is 9.09. The van der Waals surface area contributed by atoms with Crippen LogP contribution in [0, 0.1) is 11.8 Å². The number of alkyl halides is 1. The molecule has 0 aliphatic carbocycles. The van der Waals surface area contributed by atoms with E-state index in [2.05, 4.69) is 37.7 Å². The average molecular weight is 337 g/mol. The van der Waals surface area contributed by atoms with Gasteiger partial charge in [-0.25, -0.2) is 9.78 Å². The predicted molar refractivity (Wildman–Crippen MR) is 81.9 cm³/mol. The molecule has 0 bridgehead atoms. The second kappa shape index (κ2) is 5.92. The minimum absolute atomic E-state index is 0.343. The Morgan fingerprint density at radius 3 is 2.85 bits per heavy atom. The number of hydrogen-bond donors (Lipinski definition) is 1. The van der Waals surface area contributed by atoms with Gasteiger partial charge in [-0.3, -0.25) is 14.3 Å². The number of imidazole rings is 1. The van der Waals surface area contributed by atoms with E-state index in [4.69, 9.17) is 0 Å². The summed E-state index contributed by atoms with van der Waals surface area (Å²) < 4.78 is 3.02. The summed E-state index contributed by atoms with van der Waals surface area (Å²) in [5.74, 6) is 6.29. The van der Waals surface area contributed by atoms with Crippen molar-refractivity contribution in [2.45, 2.75) is 13.5 Å². The summed E-state index contributed by atoms with van der Waals surface area (Å²) >= 11 is 3.29. The molecule has 0 amide bonds. The maximum atomic E-state index is 12.0. The van der Waals surface area contributed by atoms with E-state index in [0.717, 1.165) is 0 Å². The number of aromatic amines is 1. The van der Waals surface area contributed by atoms with Gasteiger partial charge in [0, 0.05) is 12.4 Å². The predicted octanol–water partition coefficient (Wildman–Crippen LogP) is 0.855. The third kappa shape index (κ3) is 2.47. The van der Waals surface area contributed by atoms with Crippen molar-refractivity contribution < 1.29 is 0 Å². The van der Waals surface area contributed by atoms with Gasteiger partial charge in [-0.15, -0.1) is 5.92 Å². The lowest BCUT2D eigenvalue weighted by Gasteiger charge is -2.01. The molecular weight excluding hydrogens is 324 g/mol. The quantitative estimate of drug-likeness (QED) is 0.667. The van der Waals surface area contributed by atoms with Gasteiger partial charge < -0.3 is 4.57 Å². The van der Waals surface area contributed by atoms with Crippen LogP contribution in [-0.2, 0) is 13.6 Å². The van der Waals surface area contributed by atoms with E-state index in [1.807, 2.05) is 6.08 Å². The van der Waals surface area contributed by atoms with Crippen molar-refractivity contribution in [2.75, 3.05) is 5.33 Å². The molecule has 0 saturated carbocycles. The van der Waals surface area contributed by atoms with Gasteiger partial charge in [0.15, 0.2) is 11.2 Å². The summed E-state index contributed by atoms with van der Waals surface area (Å²) in [4.78, 5) is 30.3. The minimum Gasteiger partial charge on any atom is -0.307 e. The summed E-state index contributed by atoms with van der Waals surface area (Å²) in [6.45, 7) is 2.07. The fourth-order valence-corrected chi connectivity index (χ4v) is 2.03. The molecule has 20 heavy (non-hydrogen) atoms. The first kappa shape index (κ1) is 14.3. The molecule has 0 aliphatic heterocycles. The molecule has 1 N–H and O–H groups in total. The molecule has 0 saturated heterocycles. The number of aromatic nitrogens is 4. The number of fused-ring (bicyclic) bond motifs is 1. The van der Waals surface area contributed by atoms with E-state index in [1.165, 1.54) is 4.57 Å². The summed E-state index contributed by atoms with van der Waals surface area (Å²) in [6.07, 6.45) is 3.65. The second-order valence-corrected chi connectivity index (χ2v) is 4.68. The van der Waals surface area contributed by atoms with Crippen LogP contribution in [0.3, 0.4) is 0 Å². The van der Waals surface area contributed by atoms with E-state index in [-0.39, 0.29) is 0 Å². The smallest absolute Gasteiger partial charge is 0.307 e. The molecule has 2 aromatic rings. The standard InChI is InChI=1S/C13H13BrN4O2/c1-3-4-8-18-9(6-5-7-14)15-11-10(18)12(19)16-13(20)17(11)2/h5-6H,7-8H2,1-2H3,(H,16,19,20). The fourth-order valence-electron chi connectivity index (χ4n) is 1.85. The Hall–Kier alpha value is -2.07. The van der Waals surface area contributed by atoms with Crippen LogP contribution in [-0.4, -0.2) is 24.4 Å². The van der Waals surface area contributed by atoms with Crippen LogP contribution in [0.5, 0.6) is 0 Å². The Morgan fingerprint density at radius 2 is 2.20 bits per heavy atom. The molecule has 0 fully saturated rings. The Labute approximate surface area is 123 Å². The van der Waals surface area contributed by atoms with Gasteiger partial charge in [0.25, 0.3) is 5.56 Å². The first-order valence-electron chi connectivity index (χ1n) is 5.91. The largest absolute Gasteiger partial charge is 0.329 e. The molecule has 0 aliphatic rings. The maximum Gasteiger partial charge on any atom is 0.329 e. The Bertz CT molecular complexity index is 845. The topological polar surface area (TPSA) is 72.7 Å². The molecule has 2 heterocycles.